The molecule has 1 saturated heterocycles. The Morgan fingerprint density at radius 2 is 2.00 bits per heavy atom. The van der Waals surface area contributed by atoms with Crippen LogP contribution in [0, 0.1) is 10.8 Å². The first-order chi connectivity index (χ1) is 14.3. The topological polar surface area (TPSA) is 61.9 Å². The number of rotatable bonds is 5. The number of hydrogen-bond acceptors (Lipinski definition) is 4. The first kappa shape index (κ1) is 20.6. The molecule has 0 aliphatic carbocycles. The van der Waals surface area contributed by atoms with Gasteiger partial charge >= 0.3 is 0 Å². The fraction of sp³-hybridized carbons (Fsp3) is 0.480. The maximum Gasteiger partial charge on any atom is 0.171 e. The van der Waals surface area contributed by atoms with E-state index in [2.05, 4.69) is 53.0 Å². The molecule has 0 saturated carbocycles. The summed E-state index contributed by atoms with van der Waals surface area (Å²) in [6.07, 6.45) is 7.21. The number of carbonyl (C=O) groups excluding carboxylic acids is 1. The number of carbonyl (C=O) groups is 1. The molecule has 0 amide bonds. The number of aromatic amines is 1. The molecule has 5 nitrogen and oxygen atoms in total. The van der Waals surface area contributed by atoms with E-state index in [0.717, 1.165) is 24.3 Å². The van der Waals surface area contributed by atoms with Crippen molar-refractivity contribution >= 4 is 22.6 Å². The molecule has 3 heterocycles. The number of anilines is 1. The van der Waals surface area contributed by atoms with Crippen molar-refractivity contribution in [1.82, 2.24) is 15.0 Å². The molecule has 1 N–H and O–H groups in total. The summed E-state index contributed by atoms with van der Waals surface area (Å²) < 4.78 is 0. The van der Waals surface area contributed by atoms with Gasteiger partial charge in [0.25, 0.3) is 0 Å². The molecule has 0 radical (unpaired) electrons. The number of benzene rings is 1. The number of H-pyrrole nitrogens is 1. The molecule has 1 aliphatic rings. The van der Waals surface area contributed by atoms with Gasteiger partial charge in [0.1, 0.15) is 5.52 Å². The number of Topliss-reactive ketones (excluding diaryl/α,β-unsaturated/α-hetero) is 1. The first-order valence-corrected chi connectivity index (χ1v) is 11.0. The summed E-state index contributed by atoms with van der Waals surface area (Å²) in [5, 5.41) is 0. The third-order valence-corrected chi connectivity index (χ3v) is 6.75. The molecule has 1 aromatic carbocycles. The summed E-state index contributed by atoms with van der Waals surface area (Å²) in [5.74, 6) is 0.0708. The minimum atomic E-state index is -0.465. The zero-order chi connectivity index (χ0) is 21.5. The molecule has 3 aromatic rings. The molecular formula is C25H32N4O. The fourth-order valence-electron chi connectivity index (χ4n) is 4.45. The molecule has 5 heteroatoms. The maximum absolute atomic E-state index is 12.8. The lowest BCUT2D eigenvalue weighted by molar-refractivity contribution is 0.0860. The zero-order valence-corrected chi connectivity index (χ0v) is 18.7. The molecule has 1 fully saturated rings. The van der Waals surface area contributed by atoms with Crippen LogP contribution in [0.5, 0.6) is 0 Å². The standard InChI is InChI=1S/C25H32N4O/c1-6-25(7-2)11-12-29(16-25)18-10-8-9-17(13-18)20-15-27-23-21(28-20)19(14-26-23)22(30)24(3,4)5/h8-10,13-15H,6-7,11-12,16H2,1-5H3,(H,26,27). The quantitative estimate of drug-likeness (QED) is 0.540. The number of nitrogens with one attached hydrogen (secondary N) is 1. The normalized spacial score (nSPS) is 16.4. The van der Waals surface area contributed by atoms with E-state index in [4.69, 9.17) is 4.98 Å². The van der Waals surface area contributed by atoms with Crippen molar-refractivity contribution in [3.63, 3.8) is 0 Å². The van der Waals surface area contributed by atoms with Crippen LogP contribution < -0.4 is 4.90 Å². The van der Waals surface area contributed by atoms with Gasteiger partial charge < -0.3 is 9.88 Å². The lowest BCUT2D eigenvalue weighted by atomic mass is 9.82. The highest BCUT2D eigenvalue weighted by Gasteiger charge is 2.35. The molecule has 30 heavy (non-hydrogen) atoms. The predicted molar refractivity (Wildman–Crippen MR) is 123 cm³/mol. The summed E-state index contributed by atoms with van der Waals surface area (Å²) in [4.78, 5) is 27.8. The van der Waals surface area contributed by atoms with Crippen LogP contribution in [0.25, 0.3) is 22.4 Å². The Morgan fingerprint density at radius 1 is 1.23 bits per heavy atom. The summed E-state index contributed by atoms with van der Waals surface area (Å²) >= 11 is 0. The van der Waals surface area contributed by atoms with Crippen molar-refractivity contribution < 1.29 is 4.79 Å². The summed E-state index contributed by atoms with van der Waals surface area (Å²) in [7, 11) is 0. The van der Waals surface area contributed by atoms with Crippen LogP contribution >= 0.6 is 0 Å². The smallest absolute Gasteiger partial charge is 0.171 e. The molecule has 0 bridgehead atoms. The second-order valence-corrected chi connectivity index (χ2v) is 9.66. The van der Waals surface area contributed by atoms with Gasteiger partial charge in [0.05, 0.1) is 17.5 Å². The number of nitrogens with zero attached hydrogens (tertiary/aromatic N) is 3. The van der Waals surface area contributed by atoms with Crippen molar-refractivity contribution in [2.75, 3.05) is 18.0 Å². The second kappa shape index (κ2) is 7.53. The van der Waals surface area contributed by atoms with E-state index >= 15 is 0 Å². The summed E-state index contributed by atoms with van der Waals surface area (Å²) in [6, 6.07) is 8.55. The largest absolute Gasteiger partial charge is 0.371 e. The number of ketones is 1. The average molecular weight is 405 g/mol. The molecule has 0 atom stereocenters. The predicted octanol–water partition coefficient (Wildman–Crippen LogP) is 5.87. The van der Waals surface area contributed by atoms with Crippen molar-refractivity contribution in [2.45, 2.75) is 53.9 Å². The van der Waals surface area contributed by atoms with Gasteiger partial charge in [0.2, 0.25) is 0 Å². The Hall–Kier alpha value is -2.69. The van der Waals surface area contributed by atoms with Crippen LogP contribution in [-0.4, -0.2) is 33.8 Å². The SMILES string of the molecule is CCC1(CC)CCN(c2cccc(-c3cnc4[nH]cc(C(=O)C(C)(C)C)c4n3)c2)C1. The van der Waals surface area contributed by atoms with E-state index in [-0.39, 0.29) is 5.78 Å². The van der Waals surface area contributed by atoms with E-state index in [9.17, 15) is 4.79 Å². The van der Waals surface area contributed by atoms with Crippen molar-refractivity contribution in [1.29, 1.82) is 0 Å². The molecule has 1 aliphatic heterocycles. The molecule has 158 valence electrons. The van der Waals surface area contributed by atoms with E-state index in [1.54, 1.807) is 12.4 Å². The highest BCUT2D eigenvalue weighted by Crippen LogP contribution is 2.39. The molecule has 0 unspecified atom stereocenters. The van der Waals surface area contributed by atoms with Gasteiger partial charge in [0, 0.05) is 36.0 Å². The van der Waals surface area contributed by atoms with Gasteiger partial charge in [-0.3, -0.25) is 4.79 Å². The minimum Gasteiger partial charge on any atom is -0.371 e. The van der Waals surface area contributed by atoms with Crippen molar-refractivity contribution in [3.8, 4) is 11.3 Å². The Balaban J connectivity index is 1.68. The number of fused-ring (bicyclic) bond motifs is 1. The summed E-state index contributed by atoms with van der Waals surface area (Å²) in [5.41, 5.74) is 4.94. The van der Waals surface area contributed by atoms with Crippen LogP contribution in [-0.2, 0) is 0 Å². The average Bonchev–Trinajstić information content (AvgIpc) is 3.37. The van der Waals surface area contributed by atoms with Crippen molar-refractivity contribution in [3.05, 3.63) is 42.2 Å². The van der Waals surface area contributed by atoms with Gasteiger partial charge in [-0.05, 0) is 36.8 Å². The van der Waals surface area contributed by atoms with Gasteiger partial charge in [-0.25, -0.2) is 9.97 Å². The van der Waals surface area contributed by atoms with E-state index in [0.29, 0.717) is 22.1 Å². The monoisotopic (exact) mass is 404 g/mol. The van der Waals surface area contributed by atoms with Gasteiger partial charge in [-0.15, -0.1) is 0 Å². The highest BCUT2D eigenvalue weighted by molar-refractivity contribution is 6.08. The molecule has 4 rings (SSSR count). The van der Waals surface area contributed by atoms with Crippen LogP contribution in [0.4, 0.5) is 5.69 Å². The first-order valence-electron chi connectivity index (χ1n) is 11.0. The van der Waals surface area contributed by atoms with Crippen LogP contribution in [0.3, 0.4) is 0 Å². The minimum absolute atomic E-state index is 0.0708. The third kappa shape index (κ3) is 3.62. The fourth-order valence-corrected chi connectivity index (χ4v) is 4.45. The molecular weight excluding hydrogens is 372 g/mol. The zero-order valence-electron chi connectivity index (χ0n) is 18.7. The van der Waals surface area contributed by atoms with Gasteiger partial charge in [0.15, 0.2) is 11.4 Å². The highest BCUT2D eigenvalue weighted by atomic mass is 16.1. The van der Waals surface area contributed by atoms with Crippen LogP contribution in [0.1, 0.15) is 64.2 Å². The Morgan fingerprint density at radius 3 is 2.67 bits per heavy atom. The number of aromatic nitrogens is 3. The number of hydrogen-bond donors (Lipinski definition) is 1. The maximum atomic E-state index is 12.8. The van der Waals surface area contributed by atoms with Gasteiger partial charge in [-0.2, -0.15) is 0 Å². The van der Waals surface area contributed by atoms with E-state index in [1.807, 2.05) is 20.8 Å². The molecule has 0 spiro atoms. The van der Waals surface area contributed by atoms with Crippen LogP contribution in [0.15, 0.2) is 36.7 Å². The van der Waals surface area contributed by atoms with Crippen molar-refractivity contribution in [2.24, 2.45) is 10.8 Å². The lowest BCUT2D eigenvalue weighted by Gasteiger charge is -2.27. The Bertz CT molecular complexity index is 1070. The Kier molecular flexibility index (Phi) is 5.16. The van der Waals surface area contributed by atoms with E-state index in [1.165, 1.54) is 24.9 Å². The van der Waals surface area contributed by atoms with Crippen LogP contribution in [0.2, 0.25) is 0 Å². The van der Waals surface area contributed by atoms with Gasteiger partial charge in [-0.1, -0.05) is 46.8 Å². The second-order valence-electron chi connectivity index (χ2n) is 9.66. The summed E-state index contributed by atoms with van der Waals surface area (Å²) in [6.45, 7) is 12.6. The lowest BCUT2D eigenvalue weighted by Crippen LogP contribution is -2.26. The molecule has 2 aromatic heterocycles. The Labute approximate surface area is 178 Å². The van der Waals surface area contributed by atoms with E-state index < -0.39 is 5.41 Å². The third-order valence-electron chi connectivity index (χ3n) is 6.75.